The fourth-order valence-corrected chi connectivity index (χ4v) is 2.41. The van der Waals surface area contributed by atoms with Crippen LogP contribution in [0.5, 0.6) is 0 Å². The number of carbonyl (C=O) groups excluding carboxylic acids is 3. The molecule has 0 saturated carbocycles. The summed E-state index contributed by atoms with van der Waals surface area (Å²) in [6.07, 6.45) is 0.466. The summed E-state index contributed by atoms with van der Waals surface area (Å²) in [5.74, 6) is -2.53. The summed E-state index contributed by atoms with van der Waals surface area (Å²) in [4.78, 5) is 36.0. The monoisotopic (exact) mass is 307 g/mol. The molecule has 0 spiro atoms. The van der Waals surface area contributed by atoms with Crippen LogP contribution in [0.1, 0.15) is 25.3 Å². The molecule has 0 bridgehead atoms. The van der Waals surface area contributed by atoms with E-state index in [0.29, 0.717) is 12.0 Å². The van der Waals surface area contributed by atoms with Crippen molar-refractivity contribution in [2.24, 2.45) is 11.7 Å². The van der Waals surface area contributed by atoms with E-state index in [2.05, 4.69) is 5.32 Å². The van der Waals surface area contributed by atoms with Crippen LogP contribution < -0.4 is 11.1 Å². The molecule has 3 N–H and O–H groups in total. The first-order chi connectivity index (χ1) is 10.2. The van der Waals surface area contributed by atoms with Crippen LogP contribution in [0.4, 0.5) is 9.18 Å². The number of nitrogens with two attached hydrogens (primary N) is 1. The number of urea groups is 1. The van der Waals surface area contributed by atoms with E-state index in [4.69, 9.17) is 5.73 Å². The smallest absolute Gasteiger partial charge is 0.322 e. The number of hydrogen-bond donors (Lipinski definition) is 2. The summed E-state index contributed by atoms with van der Waals surface area (Å²) in [7, 11) is 1.31. The van der Waals surface area contributed by atoms with Gasteiger partial charge in [-0.25, -0.2) is 9.18 Å². The van der Waals surface area contributed by atoms with Gasteiger partial charge in [0.05, 0.1) is 0 Å². The molecule has 1 heterocycles. The number of nitrogens with one attached hydrogen (secondary N) is 1. The Labute approximate surface area is 127 Å². The molecule has 1 aromatic rings. The van der Waals surface area contributed by atoms with Gasteiger partial charge in [-0.1, -0.05) is 12.1 Å². The van der Waals surface area contributed by atoms with Gasteiger partial charge in [-0.05, 0) is 37.5 Å². The first-order valence-corrected chi connectivity index (χ1v) is 6.89. The molecular formula is C15H18FN3O3. The third-order valence-electron chi connectivity index (χ3n) is 3.92. The molecule has 1 aliphatic rings. The Bertz CT molecular complexity index is 630. The minimum absolute atomic E-state index is 0.172. The molecule has 1 aromatic carbocycles. The maximum atomic E-state index is 13.3. The van der Waals surface area contributed by atoms with E-state index >= 15 is 0 Å². The molecule has 0 aliphatic carbocycles. The van der Waals surface area contributed by atoms with E-state index < -0.39 is 35.1 Å². The van der Waals surface area contributed by atoms with Crippen LogP contribution in [0.25, 0.3) is 0 Å². The first-order valence-electron chi connectivity index (χ1n) is 6.89. The van der Waals surface area contributed by atoms with Crippen molar-refractivity contribution in [3.8, 4) is 0 Å². The maximum Gasteiger partial charge on any atom is 0.330 e. The fourth-order valence-electron chi connectivity index (χ4n) is 2.41. The summed E-state index contributed by atoms with van der Waals surface area (Å²) in [6.45, 7) is 1.71. The van der Waals surface area contributed by atoms with E-state index in [1.165, 1.54) is 19.2 Å². The lowest BCUT2D eigenvalue weighted by Crippen LogP contribution is -2.56. The Morgan fingerprint density at radius 1 is 1.36 bits per heavy atom. The molecule has 118 valence electrons. The molecule has 7 heteroatoms. The van der Waals surface area contributed by atoms with Crippen molar-refractivity contribution in [3.63, 3.8) is 0 Å². The molecule has 22 heavy (non-hydrogen) atoms. The predicted octanol–water partition coefficient (Wildman–Crippen LogP) is 1.10. The zero-order valence-corrected chi connectivity index (χ0v) is 12.4. The van der Waals surface area contributed by atoms with E-state index in [-0.39, 0.29) is 6.42 Å². The normalized spacial score (nSPS) is 21.5. The van der Waals surface area contributed by atoms with Crippen LogP contribution in [0.3, 0.4) is 0 Å². The Hall–Kier alpha value is -2.28. The number of carbonyl (C=O) groups is 3. The second-order valence-electron chi connectivity index (χ2n) is 5.71. The first kappa shape index (κ1) is 16.1. The third-order valence-corrected chi connectivity index (χ3v) is 3.92. The van der Waals surface area contributed by atoms with Gasteiger partial charge in [0.25, 0.3) is 0 Å². The minimum atomic E-state index is -0.959. The van der Waals surface area contributed by atoms with E-state index in [1.807, 2.05) is 0 Å². The maximum absolute atomic E-state index is 13.3. The molecule has 0 aromatic heterocycles. The standard InChI is InChI=1S/C15H18FN3O3/c1-15(17,9-4-3-5-10(16)8-9)7-6-11-12(20)18-14(22)19(2)13(11)21/h3-5,8,11H,6-7,17H2,1-2H3,(H,18,20,22)/t11?,15-/m1/s1. The minimum Gasteiger partial charge on any atom is -0.322 e. The lowest BCUT2D eigenvalue weighted by Gasteiger charge is -2.30. The van der Waals surface area contributed by atoms with Crippen molar-refractivity contribution in [2.45, 2.75) is 25.3 Å². The van der Waals surface area contributed by atoms with Gasteiger partial charge in [-0.2, -0.15) is 0 Å². The number of benzene rings is 1. The van der Waals surface area contributed by atoms with Gasteiger partial charge in [-0.15, -0.1) is 0 Å². The third kappa shape index (κ3) is 3.14. The van der Waals surface area contributed by atoms with E-state index in [0.717, 1.165) is 4.90 Å². The van der Waals surface area contributed by atoms with Crippen molar-refractivity contribution in [3.05, 3.63) is 35.6 Å². The summed E-state index contributed by atoms with van der Waals surface area (Å²) < 4.78 is 13.3. The Morgan fingerprint density at radius 3 is 2.68 bits per heavy atom. The number of imide groups is 2. The molecule has 4 amide bonds. The molecule has 1 saturated heterocycles. The summed E-state index contributed by atoms with van der Waals surface area (Å²) in [6, 6.07) is 5.17. The number of amides is 4. The van der Waals surface area contributed by atoms with Gasteiger partial charge < -0.3 is 5.73 Å². The van der Waals surface area contributed by atoms with Crippen molar-refractivity contribution in [1.29, 1.82) is 0 Å². The summed E-state index contributed by atoms with van der Waals surface area (Å²) in [5, 5.41) is 2.12. The van der Waals surface area contributed by atoms with Crippen LogP contribution >= 0.6 is 0 Å². The van der Waals surface area contributed by atoms with Crippen molar-refractivity contribution >= 4 is 17.8 Å². The van der Waals surface area contributed by atoms with Gasteiger partial charge in [0.2, 0.25) is 11.8 Å². The van der Waals surface area contributed by atoms with E-state index in [9.17, 15) is 18.8 Å². The molecule has 1 fully saturated rings. The van der Waals surface area contributed by atoms with E-state index in [1.54, 1.807) is 19.1 Å². The molecule has 6 nitrogen and oxygen atoms in total. The van der Waals surface area contributed by atoms with Crippen molar-refractivity contribution in [1.82, 2.24) is 10.2 Å². The highest BCUT2D eigenvalue weighted by Crippen LogP contribution is 2.27. The van der Waals surface area contributed by atoms with Gasteiger partial charge in [0, 0.05) is 12.6 Å². The van der Waals surface area contributed by atoms with Crippen LogP contribution in [-0.4, -0.2) is 29.8 Å². The lowest BCUT2D eigenvalue weighted by atomic mass is 9.84. The van der Waals surface area contributed by atoms with Gasteiger partial charge in [-0.3, -0.25) is 19.8 Å². The van der Waals surface area contributed by atoms with Crippen LogP contribution in [0.2, 0.25) is 0 Å². The Morgan fingerprint density at radius 2 is 2.05 bits per heavy atom. The zero-order valence-electron chi connectivity index (χ0n) is 12.4. The highest BCUT2D eigenvalue weighted by Gasteiger charge is 2.39. The predicted molar refractivity (Wildman–Crippen MR) is 77.0 cm³/mol. The molecule has 2 atom stereocenters. The quantitative estimate of drug-likeness (QED) is 0.815. The van der Waals surface area contributed by atoms with Crippen LogP contribution in [0, 0.1) is 11.7 Å². The largest absolute Gasteiger partial charge is 0.330 e. The number of rotatable bonds is 4. The summed E-state index contributed by atoms with van der Waals surface area (Å²) >= 11 is 0. The second-order valence-corrected chi connectivity index (χ2v) is 5.71. The average molecular weight is 307 g/mol. The second kappa shape index (κ2) is 5.84. The van der Waals surface area contributed by atoms with Crippen molar-refractivity contribution < 1.29 is 18.8 Å². The fraction of sp³-hybridized carbons (Fsp3) is 0.400. The Kier molecular flexibility index (Phi) is 4.27. The molecule has 1 unspecified atom stereocenters. The van der Waals surface area contributed by atoms with Crippen LogP contribution in [0.15, 0.2) is 24.3 Å². The average Bonchev–Trinajstić information content (AvgIpc) is 2.44. The number of hydrogen-bond acceptors (Lipinski definition) is 4. The molecule has 0 radical (unpaired) electrons. The molecular weight excluding hydrogens is 289 g/mol. The Balaban J connectivity index is 2.09. The number of barbiturate groups is 1. The lowest BCUT2D eigenvalue weighted by molar-refractivity contribution is -0.142. The van der Waals surface area contributed by atoms with Gasteiger partial charge >= 0.3 is 6.03 Å². The highest BCUT2D eigenvalue weighted by atomic mass is 19.1. The number of halogens is 1. The topological polar surface area (TPSA) is 92.5 Å². The number of nitrogens with zero attached hydrogens (tertiary/aromatic N) is 1. The molecule has 1 aliphatic heterocycles. The van der Waals surface area contributed by atoms with Crippen molar-refractivity contribution in [2.75, 3.05) is 7.05 Å². The van der Waals surface area contributed by atoms with Gasteiger partial charge in [0.15, 0.2) is 0 Å². The SMILES string of the molecule is CN1C(=O)NC(=O)C(CC[C@@](C)(N)c2cccc(F)c2)C1=O. The van der Waals surface area contributed by atoms with Crippen LogP contribution in [-0.2, 0) is 15.1 Å². The van der Waals surface area contributed by atoms with Gasteiger partial charge in [0.1, 0.15) is 11.7 Å². The highest BCUT2D eigenvalue weighted by molar-refractivity contribution is 6.15. The molecule has 2 rings (SSSR count). The summed E-state index contributed by atoms with van der Waals surface area (Å²) in [5.41, 5.74) is 5.88. The zero-order chi connectivity index (χ0) is 16.5.